The molecule has 0 bridgehead atoms. The second-order valence-corrected chi connectivity index (χ2v) is 3.16. The molecule has 0 aliphatic carbocycles. The van der Waals surface area contributed by atoms with Crippen molar-refractivity contribution in [1.29, 1.82) is 0 Å². The number of rotatable bonds is 2. The molecule has 2 unspecified atom stereocenters. The Balaban J connectivity index is 2.39. The molecule has 1 rings (SSSR count). The molecule has 0 radical (unpaired) electrons. The Morgan fingerprint density at radius 2 is 2.50 bits per heavy atom. The van der Waals surface area contributed by atoms with Gasteiger partial charge in [-0.2, -0.15) is 0 Å². The molecule has 3 N–H and O–H groups in total. The number of nitrogens with one attached hydrogen (secondary N) is 1. The van der Waals surface area contributed by atoms with Crippen LogP contribution in [0.25, 0.3) is 0 Å². The van der Waals surface area contributed by atoms with Crippen molar-refractivity contribution in [2.24, 2.45) is 11.7 Å². The monoisotopic (exact) mass is 172 g/mol. The fourth-order valence-electron chi connectivity index (χ4n) is 1.51. The van der Waals surface area contributed by atoms with Gasteiger partial charge in [0.15, 0.2) is 0 Å². The molecule has 4 nitrogen and oxygen atoms in total. The highest BCUT2D eigenvalue weighted by Gasteiger charge is 2.26. The van der Waals surface area contributed by atoms with Gasteiger partial charge in [-0.05, 0) is 25.3 Å². The van der Waals surface area contributed by atoms with Crippen LogP contribution in [-0.4, -0.2) is 32.2 Å². The van der Waals surface area contributed by atoms with Crippen molar-refractivity contribution < 1.29 is 9.53 Å². The summed E-state index contributed by atoms with van der Waals surface area (Å²) in [5, 5.41) is 3.21. The van der Waals surface area contributed by atoms with Gasteiger partial charge in [0.2, 0.25) is 0 Å². The third-order valence-electron chi connectivity index (χ3n) is 2.32. The predicted octanol–water partition coefficient (Wildman–Crippen LogP) is -0.514. The van der Waals surface area contributed by atoms with E-state index in [1.165, 1.54) is 7.11 Å². The fourth-order valence-corrected chi connectivity index (χ4v) is 1.51. The van der Waals surface area contributed by atoms with E-state index in [1.54, 1.807) is 0 Å². The van der Waals surface area contributed by atoms with Crippen molar-refractivity contribution in [3.8, 4) is 0 Å². The van der Waals surface area contributed by atoms with Gasteiger partial charge in [-0.3, -0.25) is 4.79 Å². The zero-order valence-electron chi connectivity index (χ0n) is 7.38. The van der Waals surface area contributed by atoms with Crippen molar-refractivity contribution in [3.63, 3.8) is 0 Å². The molecular weight excluding hydrogens is 156 g/mol. The van der Waals surface area contributed by atoms with Crippen LogP contribution in [0.3, 0.4) is 0 Å². The molecule has 1 heterocycles. The fraction of sp³-hybridized carbons (Fsp3) is 0.875. The van der Waals surface area contributed by atoms with Crippen LogP contribution < -0.4 is 11.1 Å². The summed E-state index contributed by atoms with van der Waals surface area (Å²) in [6.07, 6.45) is 2.11. The van der Waals surface area contributed by atoms with E-state index in [-0.39, 0.29) is 11.9 Å². The topological polar surface area (TPSA) is 64.3 Å². The number of ether oxygens (including phenoxy) is 1. The lowest BCUT2D eigenvalue weighted by molar-refractivity contribution is -0.143. The molecular formula is C8H16N2O2. The average molecular weight is 172 g/mol. The van der Waals surface area contributed by atoms with Crippen LogP contribution in [0.15, 0.2) is 0 Å². The summed E-state index contributed by atoms with van der Waals surface area (Å²) in [6, 6.07) is -0.456. The molecule has 1 aliphatic heterocycles. The molecule has 2 atom stereocenters. The Kier molecular flexibility index (Phi) is 3.49. The average Bonchev–Trinajstić information content (AvgIpc) is 2.17. The molecule has 4 heteroatoms. The van der Waals surface area contributed by atoms with Gasteiger partial charge in [0.05, 0.1) is 7.11 Å². The second kappa shape index (κ2) is 4.42. The molecule has 0 aromatic carbocycles. The van der Waals surface area contributed by atoms with E-state index in [1.807, 2.05) is 0 Å². The van der Waals surface area contributed by atoms with E-state index in [2.05, 4.69) is 10.1 Å². The summed E-state index contributed by atoms with van der Waals surface area (Å²) in [5.41, 5.74) is 5.69. The molecule has 12 heavy (non-hydrogen) atoms. The Morgan fingerprint density at radius 1 is 1.75 bits per heavy atom. The Morgan fingerprint density at radius 3 is 3.00 bits per heavy atom. The van der Waals surface area contributed by atoms with E-state index in [0.29, 0.717) is 0 Å². The molecule has 0 aromatic rings. The molecule has 1 aliphatic rings. The summed E-state index contributed by atoms with van der Waals surface area (Å²) in [7, 11) is 1.37. The Labute approximate surface area is 72.5 Å². The normalized spacial score (nSPS) is 26.3. The van der Waals surface area contributed by atoms with Gasteiger partial charge in [-0.25, -0.2) is 0 Å². The minimum atomic E-state index is -0.456. The minimum absolute atomic E-state index is 0.242. The third-order valence-corrected chi connectivity index (χ3v) is 2.32. The quantitative estimate of drug-likeness (QED) is 0.550. The molecule has 0 amide bonds. The maximum absolute atomic E-state index is 11.0. The molecule has 0 aromatic heterocycles. The smallest absolute Gasteiger partial charge is 0.322 e. The summed E-state index contributed by atoms with van der Waals surface area (Å²) in [5.74, 6) is -0.0603. The van der Waals surface area contributed by atoms with E-state index in [0.717, 1.165) is 25.9 Å². The third kappa shape index (κ3) is 2.19. The van der Waals surface area contributed by atoms with E-state index >= 15 is 0 Å². The Bertz CT molecular complexity index is 155. The molecule has 70 valence electrons. The van der Waals surface area contributed by atoms with Crippen LogP contribution in [0, 0.1) is 5.92 Å². The van der Waals surface area contributed by atoms with Crippen LogP contribution in [0.4, 0.5) is 0 Å². The predicted molar refractivity (Wildman–Crippen MR) is 45.6 cm³/mol. The van der Waals surface area contributed by atoms with E-state index in [4.69, 9.17) is 5.73 Å². The number of nitrogens with two attached hydrogens (primary N) is 1. The molecule has 0 spiro atoms. The van der Waals surface area contributed by atoms with Gasteiger partial charge in [0.25, 0.3) is 0 Å². The number of esters is 1. The minimum Gasteiger partial charge on any atom is -0.468 e. The summed E-state index contributed by atoms with van der Waals surface area (Å²) < 4.78 is 4.57. The highest BCUT2D eigenvalue weighted by atomic mass is 16.5. The van der Waals surface area contributed by atoms with Gasteiger partial charge in [0, 0.05) is 6.54 Å². The first-order valence-electron chi connectivity index (χ1n) is 4.30. The molecule has 1 saturated heterocycles. The summed E-state index contributed by atoms with van der Waals surface area (Å²) >= 11 is 0. The van der Waals surface area contributed by atoms with Crippen LogP contribution in [-0.2, 0) is 9.53 Å². The number of piperidine rings is 1. The zero-order valence-corrected chi connectivity index (χ0v) is 7.38. The van der Waals surface area contributed by atoms with E-state index < -0.39 is 6.04 Å². The van der Waals surface area contributed by atoms with Crippen molar-refractivity contribution in [2.75, 3.05) is 20.2 Å². The lowest BCUT2D eigenvalue weighted by Gasteiger charge is -2.26. The van der Waals surface area contributed by atoms with Gasteiger partial charge in [-0.1, -0.05) is 0 Å². The van der Waals surface area contributed by atoms with Crippen molar-refractivity contribution >= 4 is 5.97 Å². The van der Waals surface area contributed by atoms with Gasteiger partial charge < -0.3 is 15.8 Å². The van der Waals surface area contributed by atoms with Gasteiger partial charge in [0.1, 0.15) is 6.04 Å². The second-order valence-electron chi connectivity index (χ2n) is 3.16. The van der Waals surface area contributed by atoms with Crippen LogP contribution in [0.1, 0.15) is 12.8 Å². The molecule has 1 fully saturated rings. The lowest BCUT2D eigenvalue weighted by atomic mass is 9.92. The number of carbonyl (C=O) groups is 1. The lowest BCUT2D eigenvalue weighted by Crippen LogP contribution is -2.46. The van der Waals surface area contributed by atoms with E-state index in [9.17, 15) is 4.79 Å². The Hall–Kier alpha value is -0.610. The highest BCUT2D eigenvalue weighted by molar-refractivity contribution is 5.75. The first-order valence-corrected chi connectivity index (χ1v) is 4.30. The molecule has 0 saturated carbocycles. The van der Waals surface area contributed by atoms with Crippen LogP contribution >= 0.6 is 0 Å². The standard InChI is InChI=1S/C8H16N2O2/c1-12-8(11)7(9)6-3-2-4-10-5-6/h6-7,10H,2-5,9H2,1H3. The summed E-state index contributed by atoms with van der Waals surface area (Å²) in [4.78, 5) is 11.0. The zero-order chi connectivity index (χ0) is 8.97. The maximum Gasteiger partial charge on any atom is 0.322 e. The van der Waals surface area contributed by atoms with Gasteiger partial charge in [-0.15, -0.1) is 0 Å². The largest absolute Gasteiger partial charge is 0.468 e. The number of hydrogen-bond acceptors (Lipinski definition) is 4. The van der Waals surface area contributed by atoms with Gasteiger partial charge >= 0.3 is 5.97 Å². The van der Waals surface area contributed by atoms with Crippen LogP contribution in [0.2, 0.25) is 0 Å². The highest BCUT2D eigenvalue weighted by Crippen LogP contribution is 2.13. The first-order chi connectivity index (χ1) is 5.75. The first kappa shape index (κ1) is 9.48. The number of methoxy groups -OCH3 is 1. The van der Waals surface area contributed by atoms with Crippen molar-refractivity contribution in [2.45, 2.75) is 18.9 Å². The number of carbonyl (C=O) groups excluding carboxylic acids is 1. The van der Waals surface area contributed by atoms with Crippen LogP contribution in [0.5, 0.6) is 0 Å². The SMILES string of the molecule is COC(=O)C(N)C1CCCNC1. The number of hydrogen-bond donors (Lipinski definition) is 2. The summed E-state index contributed by atoms with van der Waals surface area (Å²) in [6.45, 7) is 1.86. The van der Waals surface area contributed by atoms with Crippen molar-refractivity contribution in [1.82, 2.24) is 5.32 Å². The maximum atomic E-state index is 11.0. The van der Waals surface area contributed by atoms with Crippen molar-refractivity contribution in [3.05, 3.63) is 0 Å².